The monoisotopic (exact) mass is 525 g/mol. The fraction of sp³-hybridized carbons (Fsp3) is 0.154. The lowest BCUT2D eigenvalue weighted by Gasteiger charge is -2.34. The first-order valence-corrected chi connectivity index (χ1v) is 13.2. The zero-order chi connectivity index (χ0) is 24.6. The van der Waals surface area contributed by atoms with Crippen molar-refractivity contribution in [3.63, 3.8) is 0 Å². The number of benzene rings is 3. The number of fused-ring (bicyclic) bond motifs is 1. The Bertz CT molecular complexity index is 1520. The Hall–Kier alpha value is -2.97. The van der Waals surface area contributed by atoms with E-state index in [0.717, 1.165) is 21.9 Å². The van der Waals surface area contributed by atoms with Gasteiger partial charge in [0.2, 0.25) is 10.0 Å². The number of piperazine rings is 1. The van der Waals surface area contributed by atoms with Gasteiger partial charge in [0, 0.05) is 43.6 Å². The van der Waals surface area contributed by atoms with Gasteiger partial charge in [-0.3, -0.25) is 9.78 Å². The minimum Gasteiger partial charge on any atom is -0.336 e. The zero-order valence-electron chi connectivity index (χ0n) is 18.6. The molecule has 5 rings (SSSR count). The third-order valence-electron chi connectivity index (χ3n) is 6.15. The second-order valence-corrected chi connectivity index (χ2v) is 11.1. The van der Waals surface area contributed by atoms with Gasteiger partial charge in [-0.1, -0.05) is 41.4 Å². The number of hydrogen-bond acceptors (Lipinski definition) is 4. The number of amides is 1. The Labute approximate surface area is 213 Å². The van der Waals surface area contributed by atoms with E-state index in [2.05, 4.69) is 4.98 Å². The van der Waals surface area contributed by atoms with E-state index in [1.54, 1.807) is 65.8 Å². The molecular weight excluding hydrogens is 505 g/mol. The lowest BCUT2D eigenvalue weighted by Crippen LogP contribution is -2.50. The van der Waals surface area contributed by atoms with Crippen LogP contribution in [0.2, 0.25) is 10.0 Å². The molecular formula is C26H21Cl2N3O3S. The zero-order valence-corrected chi connectivity index (χ0v) is 20.9. The smallest absolute Gasteiger partial charge is 0.255 e. The molecule has 0 aliphatic carbocycles. The van der Waals surface area contributed by atoms with E-state index in [0.29, 0.717) is 15.6 Å². The molecule has 1 aliphatic rings. The summed E-state index contributed by atoms with van der Waals surface area (Å²) in [7, 11) is -3.69. The summed E-state index contributed by atoms with van der Waals surface area (Å²) >= 11 is 12.5. The first-order chi connectivity index (χ1) is 16.8. The number of halogens is 2. The fourth-order valence-corrected chi connectivity index (χ4v) is 6.12. The van der Waals surface area contributed by atoms with Crippen LogP contribution < -0.4 is 0 Å². The van der Waals surface area contributed by atoms with Gasteiger partial charge < -0.3 is 4.90 Å². The van der Waals surface area contributed by atoms with Crippen LogP contribution in [-0.4, -0.2) is 54.7 Å². The second kappa shape index (κ2) is 9.59. The molecule has 6 nitrogen and oxygen atoms in total. The molecule has 4 aromatic rings. The highest BCUT2D eigenvalue weighted by molar-refractivity contribution is 7.89. The van der Waals surface area contributed by atoms with Crippen molar-refractivity contribution >= 4 is 49.9 Å². The van der Waals surface area contributed by atoms with Gasteiger partial charge in [-0.2, -0.15) is 4.31 Å². The molecule has 9 heteroatoms. The van der Waals surface area contributed by atoms with Gasteiger partial charge in [-0.05, 0) is 70.4 Å². The van der Waals surface area contributed by atoms with Crippen LogP contribution in [0.3, 0.4) is 0 Å². The highest BCUT2D eigenvalue weighted by Crippen LogP contribution is 2.28. The number of pyridine rings is 1. The van der Waals surface area contributed by atoms with Crippen molar-refractivity contribution in [2.45, 2.75) is 4.90 Å². The highest BCUT2D eigenvalue weighted by Gasteiger charge is 2.31. The van der Waals surface area contributed by atoms with E-state index in [1.807, 2.05) is 18.2 Å². The molecule has 1 aromatic heterocycles. The van der Waals surface area contributed by atoms with E-state index >= 15 is 0 Å². The van der Waals surface area contributed by atoms with Gasteiger partial charge in [0.15, 0.2) is 0 Å². The maximum atomic E-state index is 13.2. The van der Waals surface area contributed by atoms with Crippen molar-refractivity contribution in [3.8, 4) is 11.1 Å². The van der Waals surface area contributed by atoms with Crippen LogP contribution in [0.4, 0.5) is 0 Å². The quantitative estimate of drug-likeness (QED) is 0.359. The summed E-state index contributed by atoms with van der Waals surface area (Å²) in [5.74, 6) is -0.212. The number of rotatable bonds is 4. The summed E-state index contributed by atoms with van der Waals surface area (Å²) in [5.41, 5.74) is 2.24. The Morgan fingerprint density at radius 2 is 1.46 bits per heavy atom. The van der Waals surface area contributed by atoms with Crippen molar-refractivity contribution in [2.75, 3.05) is 26.2 Å². The van der Waals surface area contributed by atoms with Crippen molar-refractivity contribution < 1.29 is 13.2 Å². The molecule has 1 amide bonds. The Kier molecular flexibility index (Phi) is 6.51. The van der Waals surface area contributed by atoms with E-state index in [9.17, 15) is 13.2 Å². The lowest BCUT2D eigenvalue weighted by molar-refractivity contribution is 0.0698. The van der Waals surface area contributed by atoms with Gasteiger partial charge in [0.25, 0.3) is 5.91 Å². The minimum atomic E-state index is -3.69. The third-order valence-corrected chi connectivity index (χ3v) is 8.59. The van der Waals surface area contributed by atoms with Crippen LogP contribution in [0.15, 0.2) is 84.0 Å². The highest BCUT2D eigenvalue weighted by atomic mass is 35.5. The minimum absolute atomic E-state index is 0.208. The maximum absolute atomic E-state index is 13.2. The number of carbonyl (C=O) groups is 1. The first-order valence-electron chi connectivity index (χ1n) is 11.0. The lowest BCUT2D eigenvalue weighted by atomic mass is 10.0. The summed E-state index contributed by atoms with van der Waals surface area (Å²) in [4.78, 5) is 19.0. The number of hydrogen-bond donors (Lipinski definition) is 0. The molecule has 0 N–H and O–H groups in total. The van der Waals surface area contributed by atoms with Gasteiger partial charge in [0.05, 0.1) is 15.5 Å². The van der Waals surface area contributed by atoms with Gasteiger partial charge >= 0.3 is 0 Å². The van der Waals surface area contributed by atoms with Crippen LogP contribution >= 0.6 is 23.2 Å². The molecule has 3 aromatic carbocycles. The third kappa shape index (κ3) is 4.77. The molecule has 0 unspecified atom stereocenters. The average Bonchev–Trinajstić information content (AvgIpc) is 2.88. The number of carbonyl (C=O) groups excluding carboxylic acids is 1. The molecule has 178 valence electrons. The van der Waals surface area contributed by atoms with Crippen molar-refractivity contribution in [1.29, 1.82) is 0 Å². The molecule has 0 bridgehead atoms. The Morgan fingerprint density at radius 1 is 0.771 bits per heavy atom. The number of nitrogens with zero attached hydrogens (tertiary/aromatic N) is 3. The standard InChI is InChI=1S/C26H21Cl2N3O3S/c27-22-4-1-20-16-23(5-2-19(20)15-22)35(33,34)31-13-11-30(12-14-31)26(32)24-6-3-21(17-25(24)28)18-7-9-29-10-8-18/h1-10,15-17H,11-14H2. The molecule has 1 fully saturated rings. The number of sulfonamides is 1. The number of aromatic nitrogens is 1. The van der Waals surface area contributed by atoms with Crippen LogP contribution in [-0.2, 0) is 10.0 Å². The van der Waals surface area contributed by atoms with E-state index in [1.165, 1.54) is 4.31 Å². The first kappa shape index (κ1) is 23.8. The summed E-state index contributed by atoms with van der Waals surface area (Å²) in [5, 5.41) is 2.63. The molecule has 1 saturated heterocycles. The fourth-order valence-electron chi connectivity index (χ4n) is 4.22. The predicted molar refractivity (Wildman–Crippen MR) is 138 cm³/mol. The van der Waals surface area contributed by atoms with Crippen molar-refractivity contribution in [3.05, 3.63) is 94.7 Å². The SMILES string of the molecule is O=C(c1ccc(-c2ccncc2)cc1Cl)N1CCN(S(=O)(=O)c2ccc3cc(Cl)ccc3c2)CC1. The van der Waals surface area contributed by atoms with Crippen LogP contribution in [0, 0.1) is 0 Å². The summed E-state index contributed by atoms with van der Waals surface area (Å²) < 4.78 is 27.9. The summed E-state index contributed by atoms with van der Waals surface area (Å²) in [6.45, 7) is 0.978. The van der Waals surface area contributed by atoms with Crippen LogP contribution in [0.1, 0.15) is 10.4 Å². The maximum Gasteiger partial charge on any atom is 0.255 e. The van der Waals surface area contributed by atoms with Crippen LogP contribution in [0.5, 0.6) is 0 Å². The van der Waals surface area contributed by atoms with Gasteiger partial charge in [-0.15, -0.1) is 0 Å². The van der Waals surface area contributed by atoms with E-state index < -0.39 is 10.0 Å². The van der Waals surface area contributed by atoms with Crippen molar-refractivity contribution in [2.24, 2.45) is 0 Å². The Balaban J connectivity index is 1.29. The van der Waals surface area contributed by atoms with Gasteiger partial charge in [0.1, 0.15) is 0 Å². The molecule has 0 spiro atoms. The molecule has 35 heavy (non-hydrogen) atoms. The molecule has 0 saturated carbocycles. The Morgan fingerprint density at radius 3 is 2.17 bits per heavy atom. The topological polar surface area (TPSA) is 70.6 Å². The van der Waals surface area contributed by atoms with Gasteiger partial charge in [-0.25, -0.2) is 8.42 Å². The molecule has 0 atom stereocenters. The van der Waals surface area contributed by atoms with E-state index in [4.69, 9.17) is 23.2 Å². The van der Waals surface area contributed by atoms with E-state index in [-0.39, 0.29) is 37.0 Å². The second-order valence-electron chi connectivity index (χ2n) is 8.28. The summed E-state index contributed by atoms with van der Waals surface area (Å²) in [6.07, 6.45) is 3.40. The molecule has 1 aliphatic heterocycles. The largest absolute Gasteiger partial charge is 0.336 e. The van der Waals surface area contributed by atoms with Crippen LogP contribution in [0.25, 0.3) is 21.9 Å². The van der Waals surface area contributed by atoms with Crippen molar-refractivity contribution in [1.82, 2.24) is 14.2 Å². The predicted octanol–water partition coefficient (Wildman–Crippen LogP) is 5.36. The normalized spacial score (nSPS) is 14.9. The molecule has 2 heterocycles. The summed E-state index contributed by atoms with van der Waals surface area (Å²) in [6, 6.07) is 19.4. The molecule has 0 radical (unpaired) electrons. The average molecular weight is 526 g/mol.